The molecule has 0 aromatic rings. The Hall–Kier alpha value is 0.270. The molecular formula is C12H26N2S. The van der Waals surface area contributed by atoms with E-state index in [9.17, 15) is 0 Å². The van der Waals surface area contributed by atoms with Gasteiger partial charge in [-0.15, -0.1) is 0 Å². The predicted octanol–water partition coefficient (Wildman–Crippen LogP) is 2.20. The van der Waals surface area contributed by atoms with Gasteiger partial charge in [-0.05, 0) is 56.9 Å². The smallest absolute Gasteiger partial charge is 0.00827 e. The second-order valence-corrected chi connectivity index (χ2v) is 5.45. The SMILES string of the molecule is CCN(CC)CCCNC1CCSCC1. The first-order valence-corrected chi connectivity index (χ1v) is 7.55. The van der Waals surface area contributed by atoms with Crippen molar-refractivity contribution in [3.05, 3.63) is 0 Å². The lowest BCUT2D eigenvalue weighted by Crippen LogP contribution is -2.35. The Morgan fingerprint density at radius 1 is 1.20 bits per heavy atom. The molecule has 1 fully saturated rings. The molecule has 0 atom stereocenters. The number of nitrogens with one attached hydrogen (secondary N) is 1. The van der Waals surface area contributed by atoms with Crippen molar-refractivity contribution >= 4 is 11.8 Å². The van der Waals surface area contributed by atoms with E-state index in [1.165, 1.54) is 56.9 Å². The van der Waals surface area contributed by atoms with Crippen molar-refractivity contribution in [1.29, 1.82) is 0 Å². The van der Waals surface area contributed by atoms with Gasteiger partial charge in [0.05, 0.1) is 0 Å². The summed E-state index contributed by atoms with van der Waals surface area (Å²) in [5, 5.41) is 3.69. The zero-order valence-electron chi connectivity index (χ0n) is 10.3. The minimum atomic E-state index is 0.808. The average molecular weight is 230 g/mol. The maximum Gasteiger partial charge on any atom is 0.00827 e. The highest BCUT2D eigenvalue weighted by Crippen LogP contribution is 2.16. The average Bonchev–Trinajstić information content (AvgIpc) is 2.31. The Morgan fingerprint density at radius 2 is 1.87 bits per heavy atom. The van der Waals surface area contributed by atoms with Crippen LogP contribution in [0.3, 0.4) is 0 Å². The van der Waals surface area contributed by atoms with Crippen LogP contribution in [-0.4, -0.2) is 48.6 Å². The highest BCUT2D eigenvalue weighted by molar-refractivity contribution is 7.99. The van der Waals surface area contributed by atoms with Gasteiger partial charge < -0.3 is 10.2 Å². The fourth-order valence-electron chi connectivity index (χ4n) is 2.05. The second kappa shape index (κ2) is 8.43. The summed E-state index contributed by atoms with van der Waals surface area (Å²) in [6.45, 7) is 9.32. The summed E-state index contributed by atoms with van der Waals surface area (Å²) < 4.78 is 0. The Morgan fingerprint density at radius 3 is 2.47 bits per heavy atom. The normalized spacial score (nSPS) is 18.6. The van der Waals surface area contributed by atoms with Gasteiger partial charge in [0.1, 0.15) is 0 Å². The maximum atomic E-state index is 3.69. The minimum absolute atomic E-state index is 0.808. The van der Waals surface area contributed by atoms with Crippen molar-refractivity contribution in [3.8, 4) is 0 Å². The molecule has 3 heteroatoms. The molecule has 0 radical (unpaired) electrons. The van der Waals surface area contributed by atoms with E-state index in [0.717, 1.165) is 6.04 Å². The van der Waals surface area contributed by atoms with Crippen molar-refractivity contribution in [1.82, 2.24) is 10.2 Å². The molecule has 2 nitrogen and oxygen atoms in total. The molecule has 0 aliphatic carbocycles. The van der Waals surface area contributed by atoms with Crippen molar-refractivity contribution in [2.75, 3.05) is 37.7 Å². The Bertz CT molecular complexity index is 143. The van der Waals surface area contributed by atoms with Gasteiger partial charge in [-0.2, -0.15) is 11.8 Å². The summed E-state index contributed by atoms with van der Waals surface area (Å²) >= 11 is 2.10. The van der Waals surface area contributed by atoms with E-state index in [-0.39, 0.29) is 0 Å². The van der Waals surface area contributed by atoms with Crippen LogP contribution >= 0.6 is 11.8 Å². The highest BCUT2D eigenvalue weighted by atomic mass is 32.2. The molecule has 15 heavy (non-hydrogen) atoms. The molecule has 0 amide bonds. The van der Waals surface area contributed by atoms with Crippen molar-refractivity contribution in [2.45, 2.75) is 39.2 Å². The van der Waals surface area contributed by atoms with E-state index in [1.807, 2.05) is 0 Å². The molecule has 0 aromatic heterocycles. The summed E-state index contributed by atoms with van der Waals surface area (Å²) in [6, 6.07) is 0.808. The largest absolute Gasteiger partial charge is 0.314 e. The molecule has 0 unspecified atom stereocenters. The summed E-state index contributed by atoms with van der Waals surface area (Å²) in [5.41, 5.74) is 0. The first kappa shape index (κ1) is 13.3. The van der Waals surface area contributed by atoms with E-state index >= 15 is 0 Å². The van der Waals surface area contributed by atoms with Gasteiger partial charge in [-0.1, -0.05) is 13.8 Å². The van der Waals surface area contributed by atoms with Crippen LogP contribution in [0.5, 0.6) is 0 Å². The van der Waals surface area contributed by atoms with Crippen LogP contribution in [-0.2, 0) is 0 Å². The van der Waals surface area contributed by atoms with Crippen molar-refractivity contribution in [3.63, 3.8) is 0 Å². The van der Waals surface area contributed by atoms with Gasteiger partial charge >= 0.3 is 0 Å². The Balaban J connectivity index is 1.95. The third-order valence-electron chi connectivity index (χ3n) is 3.20. The predicted molar refractivity (Wildman–Crippen MR) is 70.8 cm³/mol. The summed E-state index contributed by atoms with van der Waals surface area (Å²) in [4.78, 5) is 2.50. The second-order valence-electron chi connectivity index (χ2n) is 4.22. The first-order valence-electron chi connectivity index (χ1n) is 6.40. The van der Waals surface area contributed by atoms with Crippen LogP contribution < -0.4 is 5.32 Å². The van der Waals surface area contributed by atoms with Gasteiger partial charge in [0.25, 0.3) is 0 Å². The molecule has 0 saturated carbocycles. The van der Waals surface area contributed by atoms with E-state index in [2.05, 4.69) is 35.8 Å². The molecule has 1 N–H and O–H groups in total. The molecule has 90 valence electrons. The summed E-state index contributed by atoms with van der Waals surface area (Å²) in [7, 11) is 0. The van der Waals surface area contributed by atoms with Gasteiger partial charge in [0, 0.05) is 6.04 Å². The lowest BCUT2D eigenvalue weighted by atomic mass is 10.1. The lowest BCUT2D eigenvalue weighted by Gasteiger charge is -2.23. The zero-order valence-corrected chi connectivity index (χ0v) is 11.1. The lowest BCUT2D eigenvalue weighted by molar-refractivity contribution is 0.294. The number of thioether (sulfide) groups is 1. The van der Waals surface area contributed by atoms with Gasteiger partial charge in [0.2, 0.25) is 0 Å². The van der Waals surface area contributed by atoms with Crippen molar-refractivity contribution < 1.29 is 0 Å². The molecule has 0 bridgehead atoms. The topological polar surface area (TPSA) is 15.3 Å². The summed E-state index contributed by atoms with van der Waals surface area (Å²) in [5.74, 6) is 2.71. The third kappa shape index (κ3) is 5.79. The van der Waals surface area contributed by atoms with Gasteiger partial charge in [0.15, 0.2) is 0 Å². The monoisotopic (exact) mass is 230 g/mol. The Kier molecular flexibility index (Phi) is 7.49. The molecule has 1 aliphatic heterocycles. The van der Waals surface area contributed by atoms with Gasteiger partial charge in [-0.3, -0.25) is 0 Å². The van der Waals surface area contributed by atoms with Crippen LogP contribution in [0.15, 0.2) is 0 Å². The van der Waals surface area contributed by atoms with E-state index in [0.29, 0.717) is 0 Å². The summed E-state index contributed by atoms with van der Waals surface area (Å²) in [6.07, 6.45) is 4.04. The van der Waals surface area contributed by atoms with Crippen LogP contribution in [0.2, 0.25) is 0 Å². The van der Waals surface area contributed by atoms with E-state index in [1.54, 1.807) is 0 Å². The highest BCUT2D eigenvalue weighted by Gasteiger charge is 2.12. The number of hydrogen-bond acceptors (Lipinski definition) is 3. The molecule has 1 rings (SSSR count). The number of hydrogen-bond donors (Lipinski definition) is 1. The first-order chi connectivity index (χ1) is 7.36. The fourth-order valence-corrected chi connectivity index (χ4v) is 3.16. The minimum Gasteiger partial charge on any atom is -0.314 e. The number of nitrogens with zero attached hydrogens (tertiary/aromatic N) is 1. The van der Waals surface area contributed by atoms with E-state index < -0.39 is 0 Å². The molecule has 1 heterocycles. The Labute approximate surface area is 99.2 Å². The van der Waals surface area contributed by atoms with Gasteiger partial charge in [-0.25, -0.2) is 0 Å². The van der Waals surface area contributed by atoms with E-state index in [4.69, 9.17) is 0 Å². The van der Waals surface area contributed by atoms with Crippen LogP contribution in [0.4, 0.5) is 0 Å². The molecule has 1 aliphatic rings. The molecular weight excluding hydrogens is 204 g/mol. The molecule has 1 saturated heterocycles. The van der Waals surface area contributed by atoms with Crippen LogP contribution in [0.25, 0.3) is 0 Å². The maximum absolute atomic E-state index is 3.69. The number of rotatable bonds is 7. The molecule has 0 spiro atoms. The zero-order chi connectivity index (χ0) is 10.9. The molecule has 0 aromatic carbocycles. The fraction of sp³-hybridized carbons (Fsp3) is 1.00. The van der Waals surface area contributed by atoms with Crippen LogP contribution in [0.1, 0.15) is 33.1 Å². The quantitative estimate of drug-likeness (QED) is 0.675. The van der Waals surface area contributed by atoms with Crippen LogP contribution in [0, 0.1) is 0 Å². The third-order valence-corrected chi connectivity index (χ3v) is 4.25. The van der Waals surface area contributed by atoms with Crippen molar-refractivity contribution in [2.24, 2.45) is 0 Å². The standard InChI is InChI=1S/C12H26N2S/c1-3-14(4-2)9-5-8-13-12-6-10-15-11-7-12/h12-13H,3-11H2,1-2H3.